The van der Waals surface area contributed by atoms with Crippen LogP contribution in [0.2, 0.25) is 0 Å². The van der Waals surface area contributed by atoms with Crippen LogP contribution < -0.4 is 16.0 Å². The van der Waals surface area contributed by atoms with Crippen molar-refractivity contribution in [3.63, 3.8) is 0 Å². The molecule has 2 aromatic rings. The normalized spacial score (nSPS) is 10.6. The van der Waals surface area contributed by atoms with Gasteiger partial charge in [0.1, 0.15) is 5.75 Å². The first-order valence-corrected chi connectivity index (χ1v) is 7.21. The second-order valence-electron chi connectivity index (χ2n) is 4.34. The van der Waals surface area contributed by atoms with Gasteiger partial charge in [-0.05, 0) is 30.0 Å². The Morgan fingerprint density at radius 1 is 1.10 bits per heavy atom. The van der Waals surface area contributed by atoms with Gasteiger partial charge in [0, 0.05) is 25.1 Å². The first-order chi connectivity index (χ1) is 9.49. The molecule has 0 atom stereocenters. The molecule has 1 aromatic heterocycles. The van der Waals surface area contributed by atoms with Crippen LogP contribution in [0.4, 0.5) is 0 Å². The van der Waals surface area contributed by atoms with Crippen LogP contribution in [-0.2, 0) is 14.1 Å². The molecule has 0 aliphatic rings. The molecular weight excluding hydrogens is 276 g/mol. The summed E-state index contributed by atoms with van der Waals surface area (Å²) < 4.78 is 7.82. The Morgan fingerprint density at radius 2 is 1.80 bits per heavy atom. The molecule has 0 aliphatic carbocycles. The van der Waals surface area contributed by atoms with Gasteiger partial charge in [0.05, 0.1) is 12.8 Å². The van der Waals surface area contributed by atoms with Gasteiger partial charge in [0.15, 0.2) is 0 Å². The Kier molecular flexibility index (Phi) is 4.04. The fourth-order valence-electron chi connectivity index (χ4n) is 2.01. The first-order valence-electron chi connectivity index (χ1n) is 5.99. The van der Waals surface area contributed by atoms with E-state index < -0.39 is 0 Å². The second-order valence-corrected chi connectivity index (χ2v) is 5.19. The first kappa shape index (κ1) is 14.5. The van der Waals surface area contributed by atoms with Crippen LogP contribution in [0.15, 0.2) is 38.8 Å². The highest BCUT2D eigenvalue weighted by molar-refractivity contribution is 7.98. The third-order valence-electron chi connectivity index (χ3n) is 3.21. The summed E-state index contributed by atoms with van der Waals surface area (Å²) in [4.78, 5) is 24.7. The highest BCUT2D eigenvalue weighted by Gasteiger charge is 2.10. The van der Waals surface area contributed by atoms with Crippen LogP contribution in [0.25, 0.3) is 11.3 Å². The Balaban J connectivity index is 2.69. The molecule has 6 heteroatoms. The Morgan fingerprint density at radius 3 is 2.40 bits per heavy atom. The molecule has 20 heavy (non-hydrogen) atoms. The van der Waals surface area contributed by atoms with Crippen molar-refractivity contribution in [3.05, 3.63) is 45.1 Å². The summed E-state index contributed by atoms with van der Waals surface area (Å²) in [6.45, 7) is 0. The van der Waals surface area contributed by atoms with E-state index in [0.29, 0.717) is 5.69 Å². The van der Waals surface area contributed by atoms with Gasteiger partial charge in [-0.15, -0.1) is 11.8 Å². The van der Waals surface area contributed by atoms with Crippen LogP contribution >= 0.6 is 11.8 Å². The molecular formula is C14H16N2O3S. The predicted molar refractivity (Wildman–Crippen MR) is 80.7 cm³/mol. The van der Waals surface area contributed by atoms with E-state index in [9.17, 15) is 9.59 Å². The van der Waals surface area contributed by atoms with E-state index in [2.05, 4.69) is 0 Å². The summed E-state index contributed by atoms with van der Waals surface area (Å²) >= 11 is 1.55. The molecule has 0 saturated heterocycles. The number of aromatic nitrogens is 2. The van der Waals surface area contributed by atoms with E-state index in [4.69, 9.17) is 4.74 Å². The highest BCUT2D eigenvalue weighted by Crippen LogP contribution is 2.31. The van der Waals surface area contributed by atoms with Gasteiger partial charge < -0.3 is 4.74 Å². The van der Waals surface area contributed by atoms with Crippen LogP contribution in [0.3, 0.4) is 0 Å². The molecule has 2 rings (SSSR count). The summed E-state index contributed by atoms with van der Waals surface area (Å²) in [6, 6.07) is 7.06. The number of hydrogen-bond donors (Lipinski definition) is 0. The lowest BCUT2D eigenvalue weighted by atomic mass is 10.1. The number of ether oxygens (including phenoxy) is 1. The third kappa shape index (κ3) is 2.38. The molecule has 0 aliphatic heterocycles. The molecule has 0 N–H and O–H groups in total. The van der Waals surface area contributed by atoms with Gasteiger partial charge in [-0.3, -0.25) is 13.9 Å². The van der Waals surface area contributed by atoms with Gasteiger partial charge in [-0.1, -0.05) is 0 Å². The Bertz CT molecular complexity index is 762. The van der Waals surface area contributed by atoms with Gasteiger partial charge in [-0.2, -0.15) is 0 Å². The molecule has 5 nitrogen and oxygen atoms in total. The molecule has 0 unspecified atom stereocenters. The predicted octanol–water partition coefficient (Wildman–Crippen LogP) is 1.48. The van der Waals surface area contributed by atoms with Crippen molar-refractivity contribution >= 4 is 11.8 Å². The lowest BCUT2D eigenvalue weighted by Gasteiger charge is -2.12. The molecule has 0 bridgehead atoms. The minimum absolute atomic E-state index is 0.315. The van der Waals surface area contributed by atoms with Crippen LogP contribution in [-0.4, -0.2) is 22.5 Å². The summed E-state index contributed by atoms with van der Waals surface area (Å²) in [5, 5.41) is 0. The second kappa shape index (κ2) is 5.58. The molecule has 0 saturated carbocycles. The zero-order valence-corrected chi connectivity index (χ0v) is 12.7. The fourth-order valence-corrected chi connectivity index (χ4v) is 2.60. The van der Waals surface area contributed by atoms with Crippen LogP contribution in [0.5, 0.6) is 5.75 Å². The minimum Gasteiger partial charge on any atom is -0.496 e. The topological polar surface area (TPSA) is 53.2 Å². The maximum atomic E-state index is 12.0. The fraction of sp³-hybridized carbons (Fsp3) is 0.286. The number of rotatable bonds is 3. The summed E-state index contributed by atoms with van der Waals surface area (Å²) in [5.74, 6) is 0.773. The minimum atomic E-state index is -0.339. The van der Waals surface area contributed by atoms with E-state index in [-0.39, 0.29) is 11.2 Å². The third-order valence-corrected chi connectivity index (χ3v) is 3.96. The van der Waals surface area contributed by atoms with Crippen molar-refractivity contribution in [1.29, 1.82) is 0 Å². The van der Waals surface area contributed by atoms with Crippen LogP contribution in [0.1, 0.15) is 0 Å². The van der Waals surface area contributed by atoms with E-state index in [1.165, 1.54) is 17.7 Å². The zero-order valence-electron chi connectivity index (χ0n) is 11.8. The van der Waals surface area contributed by atoms with Crippen molar-refractivity contribution in [1.82, 2.24) is 9.13 Å². The highest BCUT2D eigenvalue weighted by atomic mass is 32.2. The van der Waals surface area contributed by atoms with Gasteiger partial charge in [-0.25, -0.2) is 4.79 Å². The summed E-state index contributed by atoms with van der Waals surface area (Å²) in [7, 11) is 4.73. The summed E-state index contributed by atoms with van der Waals surface area (Å²) in [6.07, 6.45) is 1.95. The zero-order chi connectivity index (χ0) is 14.9. The average Bonchev–Trinajstić information content (AvgIpc) is 2.48. The van der Waals surface area contributed by atoms with Gasteiger partial charge in [0.25, 0.3) is 5.56 Å². The number of hydrogen-bond acceptors (Lipinski definition) is 4. The number of benzene rings is 1. The Labute approximate surface area is 120 Å². The lowest BCUT2D eigenvalue weighted by Crippen LogP contribution is -2.37. The molecule has 1 heterocycles. The van der Waals surface area contributed by atoms with E-state index in [1.54, 1.807) is 25.9 Å². The van der Waals surface area contributed by atoms with Gasteiger partial charge in [0.2, 0.25) is 0 Å². The Hall–Kier alpha value is -1.95. The molecule has 0 amide bonds. The van der Waals surface area contributed by atoms with Crippen molar-refractivity contribution in [2.24, 2.45) is 14.1 Å². The van der Waals surface area contributed by atoms with E-state index >= 15 is 0 Å². The maximum Gasteiger partial charge on any atom is 0.330 e. The van der Waals surface area contributed by atoms with Crippen LogP contribution in [0, 0.1) is 0 Å². The molecule has 0 fully saturated rings. The largest absolute Gasteiger partial charge is 0.496 e. The lowest BCUT2D eigenvalue weighted by molar-refractivity contribution is 0.405. The monoisotopic (exact) mass is 292 g/mol. The average molecular weight is 292 g/mol. The molecule has 106 valence electrons. The number of nitrogens with zero attached hydrogens (tertiary/aromatic N) is 2. The number of methoxy groups -OCH3 is 1. The standard InChI is InChI=1S/C14H16N2O3S/c1-15-10(8-13(17)16(2)14(15)18)9-5-6-11(19-3)12(7-9)20-4/h5-8H,1-4H3. The summed E-state index contributed by atoms with van der Waals surface area (Å²) in [5.41, 5.74) is 0.752. The van der Waals surface area contributed by atoms with Crippen molar-refractivity contribution in [3.8, 4) is 17.0 Å². The van der Waals surface area contributed by atoms with E-state index in [0.717, 1.165) is 20.8 Å². The molecule has 0 radical (unpaired) electrons. The maximum absolute atomic E-state index is 12.0. The van der Waals surface area contributed by atoms with Gasteiger partial charge >= 0.3 is 5.69 Å². The van der Waals surface area contributed by atoms with Crippen molar-refractivity contribution in [2.75, 3.05) is 13.4 Å². The molecule has 0 spiro atoms. The smallest absolute Gasteiger partial charge is 0.330 e. The molecule has 1 aromatic carbocycles. The van der Waals surface area contributed by atoms with E-state index in [1.807, 2.05) is 24.5 Å². The quantitative estimate of drug-likeness (QED) is 0.804. The number of thioether (sulfide) groups is 1. The van der Waals surface area contributed by atoms with Crippen molar-refractivity contribution < 1.29 is 4.74 Å². The van der Waals surface area contributed by atoms with Crippen molar-refractivity contribution in [2.45, 2.75) is 4.90 Å². The SMILES string of the molecule is COc1ccc(-c2cc(=O)n(C)c(=O)n2C)cc1SC.